The predicted octanol–water partition coefficient (Wildman–Crippen LogP) is 4.65. The van der Waals surface area contributed by atoms with Crippen LogP contribution in [0.25, 0.3) is 11.4 Å². The molecule has 0 unspecified atom stereocenters. The maximum Gasteiger partial charge on any atom is 0.255 e. The van der Waals surface area contributed by atoms with Crippen LogP contribution >= 0.6 is 11.8 Å². The molecular formula is C25H24N6O2S. The number of benzene rings is 2. The van der Waals surface area contributed by atoms with Crippen LogP contribution in [-0.2, 0) is 11.3 Å². The maximum atomic E-state index is 12.6. The molecule has 0 aliphatic heterocycles. The Kier molecular flexibility index (Phi) is 7.34. The molecule has 4 rings (SSSR count). The number of amides is 2. The zero-order chi connectivity index (χ0) is 23.9. The monoisotopic (exact) mass is 472 g/mol. The highest BCUT2D eigenvalue weighted by atomic mass is 32.2. The first-order valence-corrected chi connectivity index (χ1v) is 11.8. The van der Waals surface area contributed by atoms with Gasteiger partial charge >= 0.3 is 0 Å². The Morgan fingerprint density at radius 1 is 0.941 bits per heavy atom. The van der Waals surface area contributed by atoms with E-state index in [0.717, 1.165) is 17.0 Å². The van der Waals surface area contributed by atoms with Crippen molar-refractivity contribution in [2.75, 3.05) is 16.4 Å². The molecule has 8 nitrogen and oxygen atoms in total. The van der Waals surface area contributed by atoms with E-state index in [1.165, 1.54) is 11.8 Å². The fourth-order valence-corrected chi connectivity index (χ4v) is 4.19. The second-order valence-corrected chi connectivity index (χ2v) is 8.47. The number of hydrogen-bond acceptors (Lipinski definition) is 6. The minimum atomic E-state index is -0.202. The highest BCUT2D eigenvalue weighted by Gasteiger charge is 2.15. The minimum absolute atomic E-state index is 0.175. The lowest BCUT2D eigenvalue weighted by Gasteiger charge is -2.10. The van der Waals surface area contributed by atoms with E-state index in [-0.39, 0.29) is 17.6 Å². The van der Waals surface area contributed by atoms with E-state index in [1.807, 2.05) is 48.7 Å². The van der Waals surface area contributed by atoms with Crippen molar-refractivity contribution in [1.82, 2.24) is 19.7 Å². The molecule has 0 saturated heterocycles. The Morgan fingerprint density at radius 3 is 2.41 bits per heavy atom. The Morgan fingerprint density at radius 2 is 1.68 bits per heavy atom. The molecule has 4 aromatic rings. The topological polar surface area (TPSA) is 102 Å². The zero-order valence-electron chi connectivity index (χ0n) is 18.9. The number of pyridine rings is 1. The average molecular weight is 473 g/mol. The summed E-state index contributed by atoms with van der Waals surface area (Å²) in [6.45, 7) is 4.62. The lowest BCUT2D eigenvalue weighted by molar-refractivity contribution is -0.113. The number of carbonyl (C=O) groups is 2. The lowest BCUT2D eigenvalue weighted by Crippen LogP contribution is -2.15. The van der Waals surface area contributed by atoms with Crippen LogP contribution in [-0.4, -0.2) is 37.3 Å². The third-order valence-corrected chi connectivity index (χ3v) is 5.96. The Bertz CT molecular complexity index is 1310. The second kappa shape index (κ2) is 10.8. The van der Waals surface area contributed by atoms with Gasteiger partial charge in [0, 0.05) is 41.4 Å². The van der Waals surface area contributed by atoms with Crippen molar-refractivity contribution in [3.63, 3.8) is 0 Å². The fourth-order valence-electron chi connectivity index (χ4n) is 3.39. The van der Waals surface area contributed by atoms with Gasteiger partial charge in [-0.15, -0.1) is 10.2 Å². The van der Waals surface area contributed by atoms with Crippen molar-refractivity contribution < 1.29 is 9.59 Å². The molecule has 2 aromatic carbocycles. The average Bonchev–Trinajstić information content (AvgIpc) is 3.26. The molecule has 0 aliphatic rings. The molecule has 2 amide bonds. The molecule has 0 aliphatic carbocycles. The van der Waals surface area contributed by atoms with Crippen LogP contribution in [0.2, 0.25) is 0 Å². The van der Waals surface area contributed by atoms with Gasteiger partial charge in [-0.05, 0) is 56.3 Å². The molecule has 34 heavy (non-hydrogen) atoms. The summed E-state index contributed by atoms with van der Waals surface area (Å²) in [5.74, 6) is 0.536. The first-order valence-electron chi connectivity index (χ1n) is 10.8. The van der Waals surface area contributed by atoms with Gasteiger partial charge in [0.25, 0.3) is 5.91 Å². The van der Waals surface area contributed by atoms with Gasteiger partial charge in [0.1, 0.15) is 0 Å². The molecule has 0 spiro atoms. The van der Waals surface area contributed by atoms with E-state index in [0.29, 0.717) is 28.6 Å². The molecular weight excluding hydrogens is 448 g/mol. The summed E-state index contributed by atoms with van der Waals surface area (Å²) in [5, 5.41) is 14.9. The number of hydrogen-bond donors (Lipinski definition) is 2. The number of aryl methyl sites for hydroxylation is 1. The second-order valence-electron chi connectivity index (χ2n) is 7.53. The molecule has 0 atom stereocenters. The van der Waals surface area contributed by atoms with Crippen molar-refractivity contribution in [3.8, 4) is 11.4 Å². The lowest BCUT2D eigenvalue weighted by atomic mass is 10.1. The van der Waals surface area contributed by atoms with E-state index in [2.05, 4.69) is 25.8 Å². The number of carbonyl (C=O) groups excluding carboxylic acids is 2. The van der Waals surface area contributed by atoms with Crippen molar-refractivity contribution in [2.24, 2.45) is 0 Å². The minimum Gasteiger partial charge on any atom is -0.325 e. The maximum absolute atomic E-state index is 12.6. The molecule has 9 heteroatoms. The molecule has 2 N–H and O–H groups in total. The summed E-state index contributed by atoms with van der Waals surface area (Å²) in [5.41, 5.74) is 3.71. The van der Waals surface area contributed by atoms with Crippen molar-refractivity contribution in [3.05, 3.63) is 84.2 Å². The number of aromatic nitrogens is 4. The van der Waals surface area contributed by atoms with Crippen LogP contribution in [0.3, 0.4) is 0 Å². The van der Waals surface area contributed by atoms with Gasteiger partial charge in [-0.25, -0.2) is 0 Å². The molecule has 2 heterocycles. The van der Waals surface area contributed by atoms with Crippen molar-refractivity contribution in [1.29, 1.82) is 0 Å². The quantitative estimate of drug-likeness (QED) is 0.362. The third-order valence-electron chi connectivity index (χ3n) is 4.99. The van der Waals surface area contributed by atoms with Crippen molar-refractivity contribution >= 4 is 35.0 Å². The highest BCUT2D eigenvalue weighted by Crippen LogP contribution is 2.24. The number of nitrogens with zero attached hydrogens (tertiary/aromatic N) is 4. The summed E-state index contributed by atoms with van der Waals surface area (Å²) >= 11 is 1.32. The molecule has 0 radical (unpaired) electrons. The van der Waals surface area contributed by atoms with Gasteiger partial charge in [-0.3, -0.25) is 14.6 Å². The Hall–Kier alpha value is -3.98. The van der Waals surface area contributed by atoms with E-state index < -0.39 is 0 Å². The standard InChI is InChI=1S/C25H24N6O2S/c1-3-31-23(18-10-12-26-13-11-18)29-30-25(31)34-16-22(32)27-20-8-5-9-21(15-20)28-24(33)19-7-4-6-17(2)14-19/h4-15H,3,16H2,1-2H3,(H,27,32)(H,28,33). The molecule has 0 saturated carbocycles. The number of anilines is 2. The SMILES string of the molecule is CCn1c(SCC(=O)Nc2cccc(NC(=O)c3cccc(C)c3)c2)nnc1-c1ccncc1. The van der Waals surface area contributed by atoms with E-state index in [4.69, 9.17) is 0 Å². The number of nitrogens with one attached hydrogen (secondary N) is 2. The normalized spacial score (nSPS) is 10.6. The third kappa shape index (κ3) is 5.68. The first kappa shape index (κ1) is 23.2. The highest BCUT2D eigenvalue weighted by molar-refractivity contribution is 7.99. The van der Waals surface area contributed by atoms with Gasteiger partial charge in [-0.2, -0.15) is 0 Å². The van der Waals surface area contributed by atoms with Gasteiger partial charge in [-0.1, -0.05) is 35.5 Å². The largest absolute Gasteiger partial charge is 0.325 e. The van der Waals surface area contributed by atoms with E-state index in [9.17, 15) is 9.59 Å². The van der Waals surface area contributed by atoms with Crippen LogP contribution in [0.4, 0.5) is 11.4 Å². The van der Waals surface area contributed by atoms with E-state index in [1.54, 1.807) is 42.7 Å². The van der Waals surface area contributed by atoms with Gasteiger partial charge in [0.2, 0.25) is 5.91 Å². The summed E-state index contributed by atoms with van der Waals surface area (Å²) in [4.78, 5) is 29.1. The van der Waals surface area contributed by atoms with Crippen molar-refractivity contribution in [2.45, 2.75) is 25.5 Å². The van der Waals surface area contributed by atoms with Crippen LogP contribution < -0.4 is 10.6 Å². The fraction of sp³-hybridized carbons (Fsp3) is 0.160. The van der Waals surface area contributed by atoms with Gasteiger partial charge < -0.3 is 15.2 Å². The van der Waals surface area contributed by atoms with Gasteiger partial charge in [0.05, 0.1) is 5.75 Å². The molecule has 0 fully saturated rings. The number of thioether (sulfide) groups is 1. The Labute approximate surface area is 201 Å². The Balaban J connectivity index is 1.37. The molecule has 172 valence electrons. The first-order chi connectivity index (χ1) is 16.5. The summed E-state index contributed by atoms with van der Waals surface area (Å²) in [7, 11) is 0. The summed E-state index contributed by atoms with van der Waals surface area (Å²) in [6, 6.07) is 18.2. The molecule has 2 aromatic heterocycles. The summed E-state index contributed by atoms with van der Waals surface area (Å²) in [6.07, 6.45) is 3.42. The van der Waals surface area contributed by atoms with Crippen LogP contribution in [0.5, 0.6) is 0 Å². The zero-order valence-corrected chi connectivity index (χ0v) is 19.7. The molecule has 0 bridgehead atoms. The van der Waals surface area contributed by atoms with Gasteiger partial charge in [0.15, 0.2) is 11.0 Å². The predicted molar refractivity (Wildman–Crippen MR) is 134 cm³/mol. The van der Waals surface area contributed by atoms with Crippen LogP contribution in [0.1, 0.15) is 22.8 Å². The number of rotatable bonds is 8. The van der Waals surface area contributed by atoms with Crippen LogP contribution in [0, 0.1) is 6.92 Å². The van der Waals surface area contributed by atoms with E-state index >= 15 is 0 Å². The van der Waals surface area contributed by atoms with Crippen LogP contribution in [0.15, 0.2) is 78.2 Å². The summed E-state index contributed by atoms with van der Waals surface area (Å²) < 4.78 is 1.97. The smallest absolute Gasteiger partial charge is 0.255 e.